The SMILES string of the molecule is CC1(C)c2cc(N(c3ccccc3)c3ccccc3)ccc2-c2cc3c(cc21)B1c2c(cc(-c4ccccc4)cc2-n2c4ccccc4c4cccc1c42)O3. The molecule has 3 heterocycles. The summed E-state index contributed by atoms with van der Waals surface area (Å²) in [7, 11) is 0. The summed E-state index contributed by atoms with van der Waals surface area (Å²) in [4.78, 5) is 2.36. The van der Waals surface area contributed by atoms with Crippen molar-refractivity contribution in [2.45, 2.75) is 19.3 Å². The molecule has 0 saturated heterocycles. The molecule has 12 rings (SSSR count). The molecular formula is C51H35BN2O. The molecule has 0 atom stereocenters. The second kappa shape index (κ2) is 11.1. The maximum atomic E-state index is 7.15. The van der Waals surface area contributed by atoms with Crippen LogP contribution in [0.25, 0.3) is 49.7 Å². The van der Waals surface area contributed by atoms with Gasteiger partial charge in [-0.25, -0.2) is 0 Å². The molecule has 8 aromatic carbocycles. The number of anilines is 3. The van der Waals surface area contributed by atoms with Crippen molar-refractivity contribution in [3.63, 3.8) is 0 Å². The predicted octanol–water partition coefficient (Wildman–Crippen LogP) is 11.2. The molecule has 0 radical (unpaired) electrons. The summed E-state index contributed by atoms with van der Waals surface area (Å²) in [5.74, 6) is 1.88. The van der Waals surface area contributed by atoms with Crippen molar-refractivity contribution in [2.75, 3.05) is 4.90 Å². The molecule has 9 aromatic rings. The maximum absolute atomic E-state index is 7.15. The molecule has 4 heteroatoms. The van der Waals surface area contributed by atoms with E-state index in [1.165, 1.54) is 71.7 Å². The fourth-order valence-corrected chi connectivity index (χ4v) is 9.91. The Morgan fingerprint density at radius 1 is 0.509 bits per heavy atom. The number of benzene rings is 8. The molecule has 0 unspecified atom stereocenters. The zero-order valence-corrected chi connectivity index (χ0v) is 30.6. The normalized spacial score (nSPS) is 13.9. The van der Waals surface area contributed by atoms with E-state index >= 15 is 0 Å². The van der Waals surface area contributed by atoms with Crippen molar-refractivity contribution in [1.82, 2.24) is 4.57 Å². The van der Waals surface area contributed by atoms with Gasteiger partial charge in [0.1, 0.15) is 11.5 Å². The molecule has 258 valence electrons. The van der Waals surface area contributed by atoms with Gasteiger partial charge in [-0.1, -0.05) is 129 Å². The first-order valence-electron chi connectivity index (χ1n) is 19.2. The van der Waals surface area contributed by atoms with Gasteiger partial charge in [0.15, 0.2) is 0 Å². The van der Waals surface area contributed by atoms with Crippen molar-refractivity contribution < 1.29 is 4.74 Å². The lowest BCUT2D eigenvalue weighted by Gasteiger charge is -2.34. The summed E-state index contributed by atoms with van der Waals surface area (Å²) in [6.45, 7) is 4.81. The number of nitrogens with zero attached hydrogens (tertiary/aromatic N) is 2. The lowest BCUT2D eigenvalue weighted by molar-refractivity contribution is 0.487. The van der Waals surface area contributed by atoms with E-state index in [-0.39, 0.29) is 12.1 Å². The molecule has 0 fully saturated rings. The lowest BCUT2D eigenvalue weighted by Crippen LogP contribution is -2.58. The zero-order chi connectivity index (χ0) is 36.4. The van der Waals surface area contributed by atoms with E-state index in [9.17, 15) is 0 Å². The third-order valence-corrected chi connectivity index (χ3v) is 12.4. The Labute approximate surface area is 320 Å². The van der Waals surface area contributed by atoms with Gasteiger partial charge < -0.3 is 14.2 Å². The molecule has 3 aliphatic rings. The molecule has 0 amide bonds. The minimum absolute atomic E-state index is 0.0334. The Morgan fingerprint density at radius 3 is 1.95 bits per heavy atom. The van der Waals surface area contributed by atoms with E-state index in [0.717, 1.165) is 34.1 Å². The largest absolute Gasteiger partial charge is 0.458 e. The first kappa shape index (κ1) is 30.7. The first-order valence-corrected chi connectivity index (χ1v) is 19.2. The number of fused-ring (bicyclic) bond motifs is 10. The minimum atomic E-state index is -0.232. The fraction of sp³-hybridized carbons (Fsp3) is 0.0588. The number of para-hydroxylation sites is 4. The van der Waals surface area contributed by atoms with E-state index in [1.54, 1.807) is 0 Å². The summed E-state index contributed by atoms with van der Waals surface area (Å²) in [5, 5.41) is 2.57. The van der Waals surface area contributed by atoms with E-state index in [4.69, 9.17) is 4.74 Å². The highest BCUT2D eigenvalue weighted by atomic mass is 16.5. The standard InChI is InChI=1S/C51H35BN2O/c1-51(2)41-29-36(53(34-17-8-4-9-18-34)35-19-10-5-11-20-35)25-26-37(41)40-30-47-44(31-42(40)51)52-43-23-14-22-39-38-21-12-13-24-45(38)54(50(39)43)46-27-33(28-48(55-47)49(46)52)32-15-6-3-7-16-32/h3-31H,1-2H3. The van der Waals surface area contributed by atoms with Gasteiger partial charge in [-0.2, -0.15) is 0 Å². The quantitative estimate of drug-likeness (QED) is 0.170. The topological polar surface area (TPSA) is 17.4 Å². The number of hydrogen-bond donors (Lipinski definition) is 0. The monoisotopic (exact) mass is 702 g/mol. The van der Waals surface area contributed by atoms with Crippen LogP contribution in [0.4, 0.5) is 17.1 Å². The smallest absolute Gasteiger partial charge is 0.256 e. The van der Waals surface area contributed by atoms with Gasteiger partial charge in [0.25, 0.3) is 6.71 Å². The van der Waals surface area contributed by atoms with E-state index in [2.05, 4.69) is 199 Å². The molecule has 0 spiro atoms. The Kier molecular flexibility index (Phi) is 6.20. The van der Waals surface area contributed by atoms with Crippen LogP contribution >= 0.6 is 0 Å². The number of ether oxygens (including phenoxy) is 1. The molecule has 0 bridgehead atoms. The average molecular weight is 703 g/mol. The number of aromatic nitrogens is 1. The second-order valence-electron chi connectivity index (χ2n) is 15.7. The number of hydrogen-bond acceptors (Lipinski definition) is 2. The molecule has 1 aliphatic carbocycles. The van der Waals surface area contributed by atoms with Crippen LogP contribution in [0.15, 0.2) is 176 Å². The van der Waals surface area contributed by atoms with Gasteiger partial charge in [0.2, 0.25) is 0 Å². The van der Waals surface area contributed by atoms with Crippen molar-refractivity contribution in [2.24, 2.45) is 0 Å². The van der Waals surface area contributed by atoms with Crippen molar-refractivity contribution in [3.05, 3.63) is 187 Å². The van der Waals surface area contributed by atoms with Crippen LogP contribution in [0, 0.1) is 0 Å². The van der Waals surface area contributed by atoms with Gasteiger partial charge in [-0.15, -0.1) is 0 Å². The van der Waals surface area contributed by atoms with Crippen LogP contribution < -0.4 is 26.0 Å². The third-order valence-electron chi connectivity index (χ3n) is 12.4. The average Bonchev–Trinajstić information content (AvgIpc) is 3.68. The van der Waals surface area contributed by atoms with Gasteiger partial charge in [0, 0.05) is 44.5 Å². The first-order chi connectivity index (χ1) is 27.0. The van der Waals surface area contributed by atoms with Crippen molar-refractivity contribution >= 4 is 62.0 Å². The molecule has 0 saturated carbocycles. The highest BCUT2D eigenvalue weighted by Crippen LogP contribution is 2.52. The molecule has 55 heavy (non-hydrogen) atoms. The zero-order valence-electron chi connectivity index (χ0n) is 30.6. The molecular weight excluding hydrogens is 667 g/mol. The highest BCUT2D eigenvalue weighted by molar-refractivity contribution is 6.99. The van der Waals surface area contributed by atoms with Gasteiger partial charge in [-0.3, -0.25) is 0 Å². The second-order valence-corrected chi connectivity index (χ2v) is 15.7. The van der Waals surface area contributed by atoms with Crippen LogP contribution in [-0.2, 0) is 5.41 Å². The summed E-state index contributed by atoms with van der Waals surface area (Å²) in [6.07, 6.45) is 0. The van der Waals surface area contributed by atoms with Crippen molar-refractivity contribution in [1.29, 1.82) is 0 Å². The minimum Gasteiger partial charge on any atom is -0.458 e. The fourth-order valence-electron chi connectivity index (χ4n) is 9.91. The van der Waals surface area contributed by atoms with Crippen LogP contribution in [0.2, 0.25) is 0 Å². The Bertz CT molecular complexity index is 3000. The summed E-state index contributed by atoms with van der Waals surface area (Å²) < 4.78 is 9.65. The number of rotatable bonds is 4. The molecule has 3 nitrogen and oxygen atoms in total. The highest BCUT2D eigenvalue weighted by Gasteiger charge is 2.44. The van der Waals surface area contributed by atoms with Crippen molar-refractivity contribution in [3.8, 4) is 39.4 Å². The lowest BCUT2D eigenvalue weighted by atomic mass is 9.34. The third kappa shape index (κ3) is 4.22. The summed E-state index contributed by atoms with van der Waals surface area (Å²) in [5.41, 5.74) is 18.2. The maximum Gasteiger partial charge on any atom is 0.256 e. The van der Waals surface area contributed by atoms with Crippen LogP contribution in [-0.4, -0.2) is 11.3 Å². The van der Waals surface area contributed by atoms with E-state index in [1.807, 2.05) is 0 Å². The Hall–Kier alpha value is -6.78. The molecule has 1 aromatic heterocycles. The van der Waals surface area contributed by atoms with Gasteiger partial charge >= 0.3 is 0 Å². The van der Waals surface area contributed by atoms with Crippen LogP contribution in [0.5, 0.6) is 11.5 Å². The Balaban J connectivity index is 1.08. The summed E-state index contributed by atoms with van der Waals surface area (Å²) in [6, 6.07) is 64.2. The molecule has 2 aliphatic heterocycles. The Morgan fingerprint density at radius 2 is 1.18 bits per heavy atom. The van der Waals surface area contributed by atoms with Gasteiger partial charge in [0.05, 0.1) is 5.52 Å². The van der Waals surface area contributed by atoms with E-state index < -0.39 is 0 Å². The van der Waals surface area contributed by atoms with Gasteiger partial charge in [-0.05, 0) is 110 Å². The summed E-state index contributed by atoms with van der Waals surface area (Å²) >= 11 is 0. The van der Waals surface area contributed by atoms with E-state index in [0.29, 0.717) is 0 Å². The van der Waals surface area contributed by atoms with Crippen LogP contribution in [0.3, 0.4) is 0 Å². The predicted molar refractivity (Wildman–Crippen MR) is 230 cm³/mol. The van der Waals surface area contributed by atoms with Crippen LogP contribution in [0.1, 0.15) is 25.0 Å². The molecule has 0 N–H and O–H groups in total.